The first kappa shape index (κ1) is 13.6. The van der Waals surface area contributed by atoms with E-state index in [0.29, 0.717) is 23.0 Å². The summed E-state index contributed by atoms with van der Waals surface area (Å²) in [4.78, 5) is 0. The maximum Gasteiger partial charge on any atom is 0.247 e. The predicted octanol–water partition coefficient (Wildman–Crippen LogP) is 4.14. The molecule has 0 fully saturated rings. The zero-order chi connectivity index (χ0) is 14.7. The van der Waals surface area contributed by atoms with Gasteiger partial charge in [0.05, 0.1) is 0 Å². The van der Waals surface area contributed by atoms with Gasteiger partial charge in [0.15, 0.2) is 0 Å². The number of hydrogen-bond donors (Lipinski definition) is 1. The monoisotopic (exact) mass is 303 g/mol. The molecule has 106 valence electrons. The van der Waals surface area contributed by atoms with Gasteiger partial charge in [-0.3, -0.25) is 0 Å². The van der Waals surface area contributed by atoms with Crippen LogP contribution in [-0.2, 0) is 6.54 Å². The summed E-state index contributed by atoms with van der Waals surface area (Å²) in [5, 5.41) is 11.0. The molecule has 1 aromatic heterocycles. The van der Waals surface area contributed by atoms with Gasteiger partial charge < -0.3 is 9.73 Å². The highest BCUT2D eigenvalue weighted by Gasteiger charge is 2.07. The molecular formula is C15H11ClFN3O. The fourth-order valence-corrected chi connectivity index (χ4v) is 2.15. The molecule has 0 aliphatic rings. The second-order valence-corrected chi connectivity index (χ2v) is 4.78. The highest BCUT2D eigenvalue weighted by Crippen LogP contribution is 2.22. The van der Waals surface area contributed by atoms with Crippen LogP contribution in [0.25, 0.3) is 11.5 Å². The molecule has 0 saturated heterocycles. The second-order valence-electron chi connectivity index (χ2n) is 4.37. The van der Waals surface area contributed by atoms with Crippen LogP contribution in [0.2, 0.25) is 5.02 Å². The van der Waals surface area contributed by atoms with Gasteiger partial charge in [-0.2, -0.15) is 0 Å². The lowest BCUT2D eigenvalue weighted by Crippen LogP contribution is -2.02. The number of nitrogens with one attached hydrogen (secondary N) is 1. The minimum atomic E-state index is -0.322. The Balaban J connectivity index is 1.71. The van der Waals surface area contributed by atoms with E-state index in [2.05, 4.69) is 15.5 Å². The van der Waals surface area contributed by atoms with Gasteiger partial charge in [0, 0.05) is 28.4 Å². The van der Waals surface area contributed by atoms with Crippen molar-refractivity contribution in [3.05, 3.63) is 65.3 Å². The van der Waals surface area contributed by atoms with Crippen LogP contribution in [0.1, 0.15) is 5.56 Å². The average Bonchev–Trinajstić information content (AvgIpc) is 3.02. The van der Waals surface area contributed by atoms with Crippen molar-refractivity contribution in [3.8, 4) is 11.5 Å². The Morgan fingerprint density at radius 3 is 2.62 bits per heavy atom. The lowest BCUT2D eigenvalue weighted by atomic mass is 10.2. The lowest BCUT2D eigenvalue weighted by Gasteiger charge is -2.09. The summed E-state index contributed by atoms with van der Waals surface area (Å²) in [5.74, 6) is 0.135. The minimum Gasteiger partial charge on any atom is -0.423 e. The number of aromatic nitrogens is 2. The zero-order valence-corrected chi connectivity index (χ0v) is 11.6. The van der Waals surface area contributed by atoms with E-state index in [1.807, 2.05) is 24.3 Å². The Hall–Kier alpha value is -2.40. The molecule has 0 aliphatic carbocycles. The summed E-state index contributed by atoms with van der Waals surface area (Å²) in [6, 6.07) is 12.0. The number of anilines is 1. The Labute approximate surface area is 125 Å². The molecule has 0 radical (unpaired) electrons. The van der Waals surface area contributed by atoms with Crippen molar-refractivity contribution in [3.63, 3.8) is 0 Å². The molecule has 0 amide bonds. The van der Waals surface area contributed by atoms with Crippen molar-refractivity contribution in [2.75, 3.05) is 5.32 Å². The maximum absolute atomic E-state index is 13.7. The first-order valence-electron chi connectivity index (χ1n) is 6.27. The summed E-state index contributed by atoms with van der Waals surface area (Å²) in [5.41, 5.74) is 2.11. The van der Waals surface area contributed by atoms with Crippen molar-refractivity contribution in [1.82, 2.24) is 10.2 Å². The van der Waals surface area contributed by atoms with Crippen molar-refractivity contribution in [2.24, 2.45) is 0 Å². The summed E-state index contributed by atoms with van der Waals surface area (Å²) in [6.45, 7) is 0.311. The normalized spacial score (nSPS) is 10.6. The van der Waals surface area contributed by atoms with E-state index in [9.17, 15) is 4.39 Å². The summed E-state index contributed by atoms with van der Waals surface area (Å²) >= 11 is 5.98. The second kappa shape index (κ2) is 5.93. The molecule has 4 nitrogen and oxygen atoms in total. The quantitative estimate of drug-likeness (QED) is 0.787. The van der Waals surface area contributed by atoms with Gasteiger partial charge in [-0.25, -0.2) is 4.39 Å². The zero-order valence-electron chi connectivity index (χ0n) is 10.9. The van der Waals surface area contributed by atoms with Gasteiger partial charge in [0.1, 0.15) is 5.82 Å². The molecule has 3 rings (SSSR count). The minimum absolute atomic E-state index is 0.311. The molecule has 0 spiro atoms. The molecule has 0 bridgehead atoms. The van der Waals surface area contributed by atoms with Gasteiger partial charge in [0.25, 0.3) is 0 Å². The van der Waals surface area contributed by atoms with E-state index in [4.69, 9.17) is 16.0 Å². The summed E-state index contributed by atoms with van der Waals surface area (Å²) in [7, 11) is 0. The highest BCUT2D eigenvalue weighted by molar-refractivity contribution is 6.31. The van der Waals surface area contributed by atoms with Crippen molar-refractivity contribution in [1.29, 1.82) is 0 Å². The third-order valence-electron chi connectivity index (χ3n) is 3.02. The molecule has 0 aliphatic heterocycles. The van der Waals surface area contributed by atoms with Crippen molar-refractivity contribution < 1.29 is 8.81 Å². The molecule has 0 atom stereocenters. The molecule has 0 saturated carbocycles. The Morgan fingerprint density at radius 2 is 1.95 bits per heavy atom. The average molecular weight is 304 g/mol. The first-order valence-corrected chi connectivity index (χ1v) is 6.65. The third kappa shape index (κ3) is 3.03. The molecule has 3 aromatic rings. The summed E-state index contributed by atoms with van der Waals surface area (Å²) < 4.78 is 18.8. The topological polar surface area (TPSA) is 51.0 Å². The number of nitrogens with zero attached hydrogens (tertiary/aromatic N) is 2. The van der Waals surface area contributed by atoms with Gasteiger partial charge in [-0.1, -0.05) is 17.7 Å². The van der Waals surface area contributed by atoms with E-state index in [-0.39, 0.29) is 5.82 Å². The van der Waals surface area contributed by atoms with Crippen LogP contribution in [0, 0.1) is 5.82 Å². The lowest BCUT2D eigenvalue weighted by molar-refractivity contribution is 0.568. The summed E-state index contributed by atoms with van der Waals surface area (Å²) in [6.07, 6.45) is 1.28. The molecule has 1 heterocycles. The fourth-order valence-electron chi connectivity index (χ4n) is 1.92. The molecule has 21 heavy (non-hydrogen) atoms. The maximum atomic E-state index is 13.7. The van der Waals surface area contributed by atoms with Crippen LogP contribution in [0.3, 0.4) is 0 Å². The van der Waals surface area contributed by atoms with E-state index in [1.165, 1.54) is 12.5 Å². The molecule has 6 heteroatoms. The standard InChI is InChI=1S/C15H11ClFN3O/c16-13-2-1-3-14(17)12(13)8-18-11-6-4-10(5-7-11)15-20-19-9-21-15/h1-7,9,18H,8H2. The molecule has 1 N–H and O–H groups in total. The predicted molar refractivity (Wildman–Crippen MR) is 78.5 cm³/mol. The van der Waals surface area contributed by atoms with Crippen molar-refractivity contribution >= 4 is 17.3 Å². The molecule has 2 aromatic carbocycles. The number of rotatable bonds is 4. The van der Waals surface area contributed by atoms with E-state index < -0.39 is 0 Å². The largest absolute Gasteiger partial charge is 0.423 e. The smallest absolute Gasteiger partial charge is 0.247 e. The van der Waals surface area contributed by atoms with E-state index >= 15 is 0 Å². The van der Waals surface area contributed by atoms with Crippen LogP contribution < -0.4 is 5.32 Å². The number of benzene rings is 2. The van der Waals surface area contributed by atoms with Gasteiger partial charge in [0.2, 0.25) is 12.3 Å². The molecule has 0 unspecified atom stereocenters. The SMILES string of the molecule is Fc1cccc(Cl)c1CNc1ccc(-c2nnco2)cc1. The van der Waals surface area contributed by atoms with Crippen LogP contribution in [0.5, 0.6) is 0 Å². The Kier molecular flexibility index (Phi) is 3.83. The number of hydrogen-bond acceptors (Lipinski definition) is 4. The van der Waals surface area contributed by atoms with Crippen LogP contribution in [0.4, 0.5) is 10.1 Å². The molecular weight excluding hydrogens is 293 g/mol. The fraction of sp³-hybridized carbons (Fsp3) is 0.0667. The van der Waals surface area contributed by atoms with Gasteiger partial charge in [-0.15, -0.1) is 10.2 Å². The van der Waals surface area contributed by atoms with Crippen molar-refractivity contribution in [2.45, 2.75) is 6.54 Å². The third-order valence-corrected chi connectivity index (χ3v) is 3.38. The number of halogens is 2. The van der Waals surface area contributed by atoms with Gasteiger partial charge >= 0.3 is 0 Å². The van der Waals surface area contributed by atoms with Gasteiger partial charge in [-0.05, 0) is 36.4 Å². The Bertz CT molecular complexity index is 709. The van der Waals surface area contributed by atoms with Crippen LogP contribution >= 0.6 is 11.6 Å². The van der Waals surface area contributed by atoms with Crippen LogP contribution in [-0.4, -0.2) is 10.2 Å². The first-order chi connectivity index (χ1) is 10.2. The highest BCUT2D eigenvalue weighted by atomic mass is 35.5. The Morgan fingerprint density at radius 1 is 1.14 bits per heavy atom. The van der Waals surface area contributed by atoms with Crippen LogP contribution in [0.15, 0.2) is 53.3 Å². The van der Waals surface area contributed by atoms with E-state index in [1.54, 1.807) is 12.1 Å². The van der Waals surface area contributed by atoms with E-state index in [0.717, 1.165) is 11.3 Å².